The molecule has 0 bridgehead atoms. The Labute approximate surface area is 152 Å². The molecule has 0 amide bonds. The van der Waals surface area contributed by atoms with Gasteiger partial charge in [-0.3, -0.25) is 4.98 Å². The lowest BCUT2D eigenvalue weighted by Gasteiger charge is -2.32. The van der Waals surface area contributed by atoms with E-state index in [1.165, 1.54) is 0 Å². The number of hydrogen-bond donors (Lipinski definition) is 0. The molecule has 0 aliphatic carbocycles. The van der Waals surface area contributed by atoms with Gasteiger partial charge in [-0.2, -0.15) is 0 Å². The van der Waals surface area contributed by atoms with Gasteiger partial charge in [0.05, 0.1) is 11.2 Å². The van der Waals surface area contributed by atoms with Crippen molar-refractivity contribution >= 4 is 18.8 Å². The van der Waals surface area contributed by atoms with Crippen LogP contribution in [0.4, 0.5) is 0 Å². The summed E-state index contributed by atoms with van der Waals surface area (Å²) in [5.74, 6) is 1.95. The number of pyridine rings is 1. The first-order valence-electron chi connectivity index (χ1n) is 8.65. The number of allylic oxidation sites excluding steroid dienone is 5. The molecule has 3 nitrogen and oxygen atoms in total. The predicted molar refractivity (Wildman–Crippen MR) is 107 cm³/mol. The Morgan fingerprint density at radius 1 is 1.12 bits per heavy atom. The van der Waals surface area contributed by atoms with Crippen molar-refractivity contribution in [1.82, 2.24) is 4.98 Å². The summed E-state index contributed by atoms with van der Waals surface area (Å²) in [6.07, 6.45) is 13.7. The van der Waals surface area contributed by atoms with E-state index in [1.54, 1.807) is 0 Å². The monoisotopic (exact) mass is 337 g/mol. The van der Waals surface area contributed by atoms with E-state index in [4.69, 9.17) is 9.31 Å². The summed E-state index contributed by atoms with van der Waals surface area (Å²) in [6.45, 7) is 16.4. The van der Waals surface area contributed by atoms with Gasteiger partial charge in [0.1, 0.15) is 0 Å². The van der Waals surface area contributed by atoms with Crippen LogP contribution in [0.5, 0.6) is 0 Å². The maximum absolute atomic E-state index is 6.00. The van der Waals surface area contributed by atoms with E-state index in [-0.39, 0.29) is 18.3 Å². The zero-order chi connectivity index (χ0) is 18.7. The van der Waals surface area contributed by atoms with Crippen LogP contribution in [-0.2, 0) is 9.31 Å². The summed E-state index contributed by atoms with van der Waals surface area (Å²) in [7, 11) is -0.356. The molecule has 1 aliphatic heterocycles. The van der Waals surface area contributed by atoms with E-state index in [9.17, 15) is 0 Å². The third-order valence-corrected chi connectivity index (χ3v) is 4.91. The molecule has 0 aromatic carbocycles. The zero-order valence-corrected chi connectivity index (χ0v) is 16.2. The van der Waals surface area contributed by atoms with Gasteiger partial charge < -0.3 is 9.31 Å². The average Bonchev–Trinajstić information content (AvgIpc) is 2.74. The number of nitrogens with zero attached hydrogens (tertiary/aromatic N) is 1. The molecule has 1 aromatic rings. The molecule has 1 fully saturated rings. The molecular weight excluding hydrogens is 309 g/mol. The van der Waals surface area contributed by atoms with Crippen LogP contribution in [0, 0.1) is 6.92 Å². The third-order valence-electron chi connectivity index (χ3n) is 4.91. The van der Waals surface area contributed by atoms with Gasteiger partial charge in [0.25, 0.3) is 0 Å². The van der Waals surface area contributed by atoms with E-state index in [0.29, 0.717) is 0 Å². The highest BCUT2D eigenvalue weighted by Crippen LogP contribution is 2.37. The molecule has 0 spiro atoms. The van der Waals surface area contributed by atoms with E-state index in [2.05, 4.69) is 46.2 Å². The normalized spacial score (nSPS) is 19.5. The first-order valence-corrected chi connectivity index (χ1v) is 8.65. The molecular formula is C21H28BNO2. The Hall–Kier alpha value is -1.91. The van der Waals surface area contributed by atoms with Gasteiger partial charge in [-0.05, 0) is 58.2 Å². The van der Waals surface area contributed by atoms with Crippen LogP contribution in [0.15, 0.2) is 49.3 Å². The summed E-state index contributed by atoms with van der Waals surface area (Å²) in [5, 5.41) is 0. The van der Waals surface area contributed by atoms with Crippen molar-refractivity contribution in [2.24, 2.45) is 0 Å². The lowest BCUT2D eigenvalue weighted by atomic mass is 9.88. The van der Waals surface area contributed by atoms with Crippen LogP contribution in [-0.4, -0.2) is 23.3 Å². The van der Waals surface area contributed by atoms with Crippen molar-refractivity contribution in [3.63, 3.8) is 0 Å². The molecule has 4 heteroatoms. The van der Waals surface area contributed by atoms with Crippen molar-refractivity contribution in [2.45, 2.75) is 52.7 Å². The van der Waals surface area contributed by atoms with E-state index in [0.717, 1.165) is 22.3 Å². The second kappa shape index (κ2) is 7.55. The average molecular weight is 337 g/mol. The molecule has 1 saturated heterocycles. The Morgan fingerprint density at radius 3 is 2.36 bits per heavy atom. The van der Waals surface area contributed by atoms with E-state index < -0.39 is 0 Å². The van der Waals surface area contributed by atoms with Crippen LogP contribution in [0.1, 0.15) is 51.3 Å². The lowest BCUT2D eigenvalue weighted by Crippen LogP contribution is -2.41. The van der Waals surface area contributed by atoms with Gasteiger partial charge in [-0.15, -0.1) is 0 Å². The van der Waals surface area contributed by atoms with E-state index >= 15 is 0 Å². The maximum Gasteiger partial charge on any atom is 0.487 e. The van der Waals surface area contributed by atoms with Crippen LogP contribution in [0.2, 0.25) is 0 Å². The maximum atomic E-state index is 6.00. The Balaban J connectivity index is 2.19. The van der Waals surface area contributed by atoms with Crippen LogP contribution in [0.3, 0.4) is 0 Å². The lowest BCUT2D eigenvalue weighted by molar-refractivity contribution is 0.00578. The molecule has 1 aromatic heterocycles. The molecule has 132 valence electrons. The molecule has 2 rings (SSSR count). The highest BCUT2D eigenvalue weighted by atomic mass is 16.7. The van der Waals surface area contributed by atoms with E-state index in [1.807, 2.05) is 55.7 Å². The Kier molecular flexibility index (Phi) is 5.86. The fourth-order valence-electron chi connectivity index (χ4n) is 2.56. The smallest absolute Gasteiger partial charge is 0.400 e. The molecule has 0 radical (unpaired) electrons. The summed E-state index contributed by atoms with van der Waals surface area (Å²) in [6, 6.07) is 0. The highest BCUT2D eigenvalue weighted by Gasteiger charge is 2.49. The van der Waals surface area contributed by atoms with Crippen molar-refractivity contribution in [3.05, 3.63) is 65.9 Å². The molecule has 0 unspecified atom stereocenters. The highest BCUT2D eigenvalue weighted by molar-refractivity contribution is 6.52. The van der Waals surface area contributed by atoms with Crippen molar-refractivity contribution < 1.29 is 9.31 Å². The molecule has 1 aliphatic rings. The minimum Gasteiger partial charge on any atom is -0.400 e. The van der Waals surface area contributed by atoms with Gasteiger partial charge in [0.15, 0.2) is 0 Å². The number of aromatic nitrogens is 1. The van der Waals surface area contributed by atoms with Crippen LogP contribution >= 0.6 is 0 Å². The summed E-state index contributed by atoms with van der Waals surface area (Å²) in [4.78, 5) is 4.35. The Morgan fingerprint density at radius 2 is 1.76 bits per heavy atom. The zero-order valence-electron chi connectivity index (χ0n) is 16.2. The summed E-state index contributed by atoms with van der Waals surface area (Å²) in [5.41, 5.74) is 3.49. The standard InChI is InChI=1S/C21H28BNO2/c1-8-9-10-11-16(2)19-15-23-14-18(17(19)3)12-13-22-24-20(4,5)21(6,7)25-22/h8-15H,2H2,1,3-7H3/b9-8-,11-10-,13-12+. The SMILES string of the molecule is C=C(/C=C\C=C/C)c1cncc(/C=C/B2OC(C)(C)C(C)(C)O2)c1C. The number of hydrogen-bond acceptors (Lipinski definition) is 3. The molecule has 0 atom stereocenters. The van der Waals surface area contributed by atoms with Crippen molar-refractivity contribution in [1.29, 1.82) is 0 Å². The second-order valence-corrected chi connectivity index (χ2v) is 7.30. The topological polar surface area (TPSA) is 31.4 Å². The van der Waals surface area contributed by atoms with Crippen LogP contribution in [0.25, 0.3) is 11.6 Å². The van der Waals surface area contributed by atoms with Crippen molar-refractivity contribution in [3.8, 4) is 0 Å². The second-order valence-electron chi connectivity index (χ2n) is 7.30. The minimum atomic E-state index is -0.356. The molecule has 2 heterocycles. The fourth-order valence-corrected chi connectivity index (χ4v) is 2.56. The van der Waals surface area contributed by atoms with Gasteiger partial charge in [-0.25, -0.2) is 0 Å². The Bertz CT molecular complexity index is 713. The summed E-state index contributed by atoms with van der Waals surface area (Å²) >= 11 is 0. The van der Waals surface area contributed by atoms with Gasteiger partial charge >= 0.3 is 7.12 Å². The number of rotatable bonds is 5. The predicted octanol–water partition coefficient (Wildman–Crippen LogP) is 5.18. The van der Waals surface area contributed by atoms with Crippen LogP contribution < -0.4 is 0 Å². The van der Waals surface area contributed by atoms with Crippen molar-refractivity contribution in [2.75, 3.05) is 0 Å². The van der Waals surface area contributed by atoms with Gasteiger partial charge in [0, 0.05) is 18.0 Å². The fraction of sp³-hybridized carbons (Fsp3) is 0.381. The van der Waals surface area contributed by atoms with Gasteiger partial charge in [0.2, 0.25) is 0 Å². The quantitative estimate of drug-likeness (QED) is 0.548. The first-order chi connectivity index (χ1) is 11.7. The molecule has 0 saturated carbocycles. The largest absolute Gasteiger partial charge is 0.487 e. The van der Waals surface area contributed by atoms with Gasteiger partial charge in [-0.1, -0.05) is 42.9 Å². The summed E-state index contributed by atoms with van der Waals surface area (Å²) < 4.78 is 12.0. The minimum absolute atomic E-state index is 0.330. The first kappa shape index (κ1) is 19.4. The molecule has 25 heavy (non-hydrogen) atoms. The molecule has 0 N–H and O–H groups in total. The third kappa shape index (κ3) is 4.39.